The van der Waals surface area contributed by atoms with Crippen molar-refractivity contribution in [1.82, 2.24) is 24.7 Å². The Kier molecular flexibility index (Phi) is 4.34. The summed E-state index contributed by atoms with van der Waals surface area (Å²) in [6, 6.07) is 1.80. The lowest BCUT2D eigenvalue weighted by molar-refractivity contribution is 0.716. The maximum absolute atomic E-state index is 5.72. The molecule has 0 bridgehead atoms. The molecule has 8 nitrogen and oxygen atoms in total. The highest BCUT2D eigenvalue weighted by atomic mass is 15.3. The Morgan fingerprint density at radius 1 is 1.35 bits per heavy atom. The fourth-order valence-electron chi connectivity index (χ4n) is 1.85. The minimum atomic E-state index is -0.0316. The molecule has 8 heteroatoms. The number of nitrogen functional groups attached to an aromatic ring is 1. The average molecular weight is 276 g/mol. The third-order valence-electron chi connectivity index (χ3n) is 2.80. The lowest BCUT2D eigenvalue weighted by Gasteiger charge is -2.14. The molecule has 0 saturated heterocycles. The van der Waals surface area contributed by atoms with Gasteiger partial charge in [-0.2, -0.15) is 9.97 Å². The van der Waals surface area contributed by atoms with Crippen LogP contribution in [0, 0.1) is 0 Å². The number of aromatic nitrogens is 5. The first-order valence-corrected chi connectivity index (χ1v) is 6.59. The Bertz CT molecular complexity index is 564. The first-order chi connectivity index (χ1) is 9.60. The van der Waals surface area contributed by atoms with Gasteiger partial charge in [-0.3, -0.25) is 0 Å². The zero-order chi connectivity index (χ0) is 14.5. The molecule has 2 heterocycles. The summed E-state index contributed by atoms with van der Waals surface area (Å²) in [7, 11) is 1.90. The number of rotatable bonds is 6. The molecular weight excluding hydrogens is 256 g/mol. The highest BCUT2D eigenvalue weighted by Crippen LogP contribution is 2.18. The van der Waals surface area contributed by atoms with Gasteiger partial charge in [-0.25, -0.2) is 0 Å². The number of nitrogens with one attached hydrogen (secondary N) is 2. The van der Waals surface area contributed by atoms with E-state index in [-0.39, 0.29) is 12.0 Å². The zero-order valence-corrected chi connectivity index (χ0v) is 12.0. The lowest BCUT2D eigenvalue weighted by atomic mass is 10.3. The summed E-state index contributed by atoms with van der Waals surface area (Å²) in [6.07, 6.45) is 2.68. The molecule has 4 N–H and O–H groups in total. The quantitative estimate of drug-likeness (QED) is 0.727. The molecular formula is C12H20N8. The SMILES string of the molecule is CCCNc1cc(NC(C)c2nncn2C)nc(N)n1. The molecule has 0 saturated carbocycles. The van der Waals surface area contributed by atoms with Crippen molar-refractivity contribution < 1.29 is 0 Å². The van der Waals surface area contributed by atoms with Gasteiger partial charge in [0.05, 0.1) is 6.04 Å². The van der Waals surface area contributed by atoms with Gasteiger partial charge < -0.3 is 20.9 Å². The second kappa shape index (κ2) is 6.18. The van der Waals surface area contributed by atoms with Gasteiger partial charge in [-0.1, -0.05) is 6.92 Å². The van der Waals surface area contributed by atoms with Crippen molar-refractivity contribution in [2.24, 2.45) is 7.05 Å². The molecule has 0 aliphatic heterocycles. The summed E-state index contributed by atoms with van der Waals surface area (Å²) < 4.78 is 1.86. The fraction of sp³-hybridized carbons (Fsp3) is 0.500. The Labute approximate surface area is 117 Å². The van der Waals surface area contributed by atoms with Crippen LogP contribution >= 0.6 is 0 Å². The second-order valence-corrected chi connectivity index (χ2v) is 4.59. The zero-order valence-electron chi connectivity index (χ0n) is 12.0. The van der Waals surface area contributed by atoms with Crippen LogP contribution in [0.5, 0.6) is 0 Å². The summed E-state index contributed by atoms with van der Waals surface area (Å²) in [4.78, 5) is 8.32. The Hall–Kier alpha value is -2.38. The Balaban J connectivity index is 2.12. The van der Waals surface area contributed by atoms with Crippen LogP contribution in [0.4, 0.5) is 17.6 Å². The van der Waals surface area contributed by atoms with Gasteiger partial charge in [0, 0.05) is 19.7 Å². The monoisotopic (exact) mass is 276 g/mol. The van der Waals surface area contributed by atoms with Gasteiger partial charge in [0.25, 0.3) is 0 Å². The van der Waals surface area contributed by atoms with E-state index in [0.717, 1.165) is 18.8 Å². The van der Waals surface area contributed by atoms with Crippen molar-refractivity contribution in [2.75, 3.05) is 22.9 Å². The van der Waals surface area contributed by atoms with Crippen LogP contribution in [0.2, 0.25) is 0 Å². The number of hydrogen-bond donors (Lipinski definition) is 3. The van der Waals surface area contributed by atoms with Crippen LogP contribution < -0.4 is 16.4 Å². The highest BCUT2D eigenvalue weighted by molar-refractivity contribution is 5.51. The number of hydrogen-bond acceptors (Lipinski definition) is 7. The summed E-state index contributed by atoms with van der Waals surface area (Å²) in [5.41, 5.74) is 5.72. The Morgan fingerprint density at radius 2 is 2.10 bits per heavy atom. The van der Waals surface area contributed by atoms with E-state index in [0.29, 0.717) is 11.6 Å². The van der Waals surface area contributed by atoms with Gasteiger partial charge in [0.15, 0.2) is 5.82 Å². The number of aryl methyl sites for hydroxylation is 1. The minimum absolute atomic E-state index is 0.0316. The maximum atomic E-state index is 5.72. The van der Waals surface area contributed by atoms with Crippen molar-refractivity contribution in [3.8, 4) is 0 Å². The molecule has 0 radical (unpaired) electrons. The van der Waals surface area contributed by atoms with E-state index in [9.17, 15) is 0 Å². The molecule has 0 amide bonds. The fourth-order valence-corrected chi connectivity index (χ4v) is 1.85. The van der Waals surface area contributed by atoms with Crippen LogP contribution in [0.1, 0.15) is 32.1 Å². The van der Waals surface area contributed by atoms with Gasteiger partial charge in [-0.15, -0.1) is 10.2 Å². The van der Waals surface area contributed by atoms with E-state index < -0.39 is 0 Å². The molecule has 2 rings (SSSR count). The van der Waals surface area contributed by atoms with E-state index >= 15 is 0 Å². The third kappa shape index (κ3) is 3.34. The van der Waals surface area contributed by atoms with Crippen LogP contribution in [0.15, 0.2) is 12.4 Å². The number of nitrogens with zero attached hydrogens (tertiary/aromatic N) is 5. The molecule has 108 valence electrons. The number of nitrogens with two attached hydrogens (primary N) is 1. The van der Waals surface area contributed by atoms with Crippen LogP contribution in [-0.2, 0) is 7.05 Å². The van der Waals surface area contributed by atoms with Gasteiger partial charge in [0.2, 0.25) is 5.95 Å². The van der Waals surface area contributed by atoms with Gasteiger partial charge in [-0.05, 0) is 13.3 Å². The summed E-state index contributed by atoms with van der Waals surface area (Å²) in [5.74, 6) is 2.43. The molecule has 0 aliphatic rings. The number of anilines is 3. The van der Waals surface area contributed by atoms with Crippen LogP contribution in [-0.4, -0.2) is 31.3 Å². The standard InChI is InChI=1S/C12H20N8/c1-4-5-14-9-6-10(18-12(13)17-9)16-8(2)11-19-15-7-20(11)3/h6-8H,4-5H2,1-3H3,(H4,13,14,16,17,18). The summed E-state index contributed by atoms with van der Waals surface area (Å²) in [5, 5.41) is 14.4. The molecule has 1 unspecified atom stereocenters. The summed E-state index contributed by atoms with van der Waals surface area (Å²) >= 11 is 0. The molecule has 0 fully saturated rings. The highest BCUT2D eigenvalue weighted by Gasteiger charge is 2.12. The molecule has 0 aliphatic carbocycles. The molecule has 2 aromatic rings. The van der Waals surface area contributed by atoms with Gasteiger partial charge in [0.1, 0.15) is 18.0 Å². The van der Waals surface area contributed by atoms with Crippen molar-refractivity contribution >= 4 is 17.6 Å². The van der Waals surface area contributed by atoms with Crippen molar-refractivity contribution in [3.63, 3.8) is 0 Å². The van der Waals surface area contributed by atoms with Crippen molar-refractivity contribution in [1.29, 1.82) is 0 Å². The molecule has 1 atom stereocenters. The van der Waals surface area contributed by atoms with E-state index in [1.54, 1.807) is 6.33 Å². The van der Waals surface area contributed by atoms with E-state index in [1.807, 2.05) is 24.6 Å². The van der Waals surface area contributed by atoms with E-state index in [4.69, 9.17) is 5.73 Å². The van der Waals surface area contributed by atoms with Crippen molar-refractivity contribution in [2.45, 2.75) is 26.3 Å². The molecule has 20 heavy (non-hydrogen) atoms. The minimum Gasteiger partial charge on any atom is -0.370 e. The van der Waals surface area contributed by atoms with Crippen LogP contribution in [0.25, 0.3) is 0 Å². The molecule has 0 spiro atoms. The lowest BCUT2D eigenvalue weighted by Crippen LogP contribution is -2.14. The first kappa shape index (κ1) is 14.0. The summed E-state index contributed by atoms with van der Waals surface area (Å²) in [6.45, 7) is 4.92. The topological polar surface area (TPSA) is 107 Å². The second-order valence-electron chi connectivity index (χ2n) is 4.59. The predicted octanol–water partition coefficient (Wildman–Crippen LogP) is 1.18. The third-order valence-corrected chi connectivity index (χ3v) is 2.80. The average Bonchev–Trinajstić information content (AvgIpc) is 2.82. The Morgan fingerprint density at radius 3 is 2.75 bits per heavy atom. The predicted molar refractivity (Wildman–Crippen MR) is 78.3 cm³/mol. The largest absolute Gasteiger partial charge is 0.370 e. The molecule has 2 aromatic heterocycles. The van der Waals surface area contributed by atoms with E-state index in [2.05, 4.69) is 37.7 Å². The normalized spacial score (nSPS) is 12.2. The van der Waals surface area contributed by atoms with Crippen LogP contribution in [0.3, 0.4) is 0 Å². The first-order valence-electron chi connectivity index (χ1n) is 6.59. The molecule has 0 aromatic carbocycles. The van der Waals surface area contributed by atoms with Crippen molar-refractivity contribution in [3.05, 3.63) is 18.2 Å². The van der Waals surface area contributed by atoms with E-state index in [1.165, 1.54) is 0 Å². The van der Waals surface area contributed by atoms with Gasteiger partial charge >= 0.3 is 0 Å². The smallest absolute Gasteiger partial charge is 0.223 e. The maximum Gasteiger partial charge on any atom is 0.223 e.